The largest absolute Gasteiger partial charge is 0.309 e. The van der Waals surface area contributed by atoms with Gasteiger partial charge in [0, 0.05) is 48.4 Å². The lowest BCUT2D eigenvalue weighted by Crippen LogP contribution is -1.94. The van der Waals surface area contributed by atoms with Crippen molar-refractivity contribution in [3.63, 3.8) is 0 Å². The molecule has 0 spiro atoms. The zero-order chi connectivity index (χ0) is 33.5. The van der Waals surface area contributed by atoms with Gasteiger partial charge in [-0.05, 0) is 82.9 Å². The third-order valence-electron chi connectivity index (χ3n) is 10.5. The fourth-order valence-electron chi connectivity index (χ4n) is 8.28. The average molecular weight is 667 g/mol. The molecule has 0 amide bonds. The van der Waals surface area contributed by atoms with Crippen LogP contribution in [-0.4, -0.2) is 9.13 Å². The van der Waals surface area contributed by atoms with E-state index in [2.05, 4.69) is 191 Å². The Morgan fingerprint density at radius 3 is 1.80 bits per heavy atom. The van der Waals surface area contributed by atoms with E-state index in [1.165, 1.54) is 91.7 Å². The summed E-state index contributed by atoms with van der Waals surface area (Å²) in [4.78, 5) is 0. The molecule has 0 unspecified atom stereocenters. The molecule has 0 atom stereocenters. The standard InChI is InChI=1S/C48H30N2S/c1-3-14-31(15-4-1)32-16-13-19-35(28-32)49-42-23-10-7-20-36(42)40-29-33(26-27-44(40)49)39-30-41-37-21-9-12-25-45(37)51-48(41)47-46(39)38-22-8-11-24-43(38)50(47)34-17-5-2-6-18-34/h1-30H. The van der Waals surface area contributed by atoms with Gasteiger partial charge in [-0.3, -0.25) is 0 Å². The highest BCUT2D eigenvalue weighted by molar-refractivity contribution is 7.26. The maximum absolute atomic E-state index is 2.48. The second kappa shape index (κ2) is 11.0. The Kier molecular flexibility index (Phi) is 6.16. The van der Waals surface area contributed by atoms with Crippen molar-refractivity contribution in [2.45, 2.75) is 0 Å². The molecule has 0 saturated carbocycles. The Bertz CT molecular complexity index is 3130. The van der Waals surface area contributed by atoms with E-state index in [9.17, 15) is 0 Å². The minimum atomic E-state index is 1.16. The Hall–Kier alpha value is -6.42. The van der Waals surface area contributed by atoms with Crippen LogP contribution >= 0.6 is 11.3 Å². The molecule has 3 heteroatoms. The molecular formula is C48H30N2S. The molecule has 3 aromatic heterocycles. The third-order valence-corrected chi connectivity index (χ3v) is 11.7. The normalized spacial score (nSPS) is 11.9. The van der Waals surface area contributed by atoms with Gasteiger partial charge in [0.05, 0.1) is 26.8 Å². The first-order chi connectivity index (χ1) is 25.3. The highest BCUT2D eigenvalue weighted by atomic mass is 32.1. The van der Waals surface area contributed by atoms with Gasteiger partial charge in [0.15, 0.2) is 0 Å². The molecular weight excluding hydrogens is 637 g/mol. The van der Waals surface area contributed by atoms with Crippen molar-refractivity contribution in [3.8, 4) is 33.6 Å². The van der Waals surface area contributed by atoms with E-state index in [1.807, 2.05) is 11.3 Å². The maximum atomic E-state index is 2.48. The molecule has 0 bridgehead atoms. The maximum Gasteiger partial charge on any atom is 0.0726 e. The summed E-state index contributed by atoms with van der Waals surface area (Å²) in [5, 5.41) is 7.69. The fourth-order valence-corrected chi connectivity index (χ4v) is 9.50. The molecule has 0 N–H and O–H groups in total. The van der Waals surface area contributed by atoms with Crippen LogP contribution in [-0.2, 0) is 0 Å². The van der Waals surface area contributed by atoms with Crippen LogP contribution in [0.4, 0.5) is 0 Å². The second-order valence-corrected chi connectivity index (χ2v) is 14.4. The summed E-state index contributed by atoms with van der Waals surface area (Å²) >= 11 is 1.90. The van der Waals surface area contributed by atoms with Crippen LogP contribution < -0.4 is 0 Å². The average Bonchev–Trinajstić information content (AvgIpc) is 3.86. The number of rotatable bonds is 4. The van der Waals surface area contributed by atoms with Crippen LogP contribution in [0.15, 0.2) is 182 Å². The summed E-state index contributed by atoms with van der Waals surface area (Å²) < 4.78 is 7.54. The summed E-state index contributed by atoms with van der Waals surface area (Å²) in [7, 11) is 0. The van der Waals surface area contributed by atoms with E-state index in [0.29, 0.717) is 0 Å². The van der Waals surface area contributed by atoms with Gasteiger partial charge in [-0.15, -0.1) is 11.3 Å². The van der Waals surface area contributed by atoms with E-state index in [4.69, 9.17) is 0 Å². The Morgan fingerprint density at radius 2 is 0.980 bits per heavy atom. The fraction of sp³-hybridized carbons (Fsp3) is 0. The van der Waals surface area contributed by atoms with Gasteiger partial charge in [-0.1, -0.05) is 121 Å². The van der Waals surface area contributed by atoms with E-state index < -0.39 is 0 Å². The third kappa shape index (κ3) is 4.22. The highest BCUT2D eigenvalue weighted by Gasteiger charge is 2.22. The molecule has 0 saturated heterocycles. The first-order valence-electron chi connectivity index (χ1n) is 17.4. The van der Waals surface area contributed by atoms with Gasteiger partial charge in [0.2, 0.25) is 0 Å². The van der Waals surface area contributed by atoms with E-state index in [1.54, 1.807) is 0 Å². The Balaban J connectivity index is 1.23. The number of para-hydroxylation sites is 3. The number of hydrogen-bond donors (Lipinski definition) is 0. The molecule has 8 aromatic carbocycles. The number of benzene rings is 8. The number of aromatic nitrogens is 2. The summed E-state index contributed by atoms with van der Waals surface area (Å²) in [6.45, 7) is 0. The lowest BCUT2D eigenvalue weighted by Gasteiger charge is -2.12. The van der Waals surface area contributed by atoms with Gasteiger partial charge in [0.1, 0.15) is 0 Å². The molecule has 51 heavy (non-hydrogen) atoms. The van der Waals surface area contributed by atoms with Crippen LogP contribution in [0.25, 0.3) is 97.4 Å². The molecule has 2 nitrogen and oxygen atoms in total. The van der Waals surface area contributed by atoms with E-state index in [0.717, 1.165) is 5.69 Å². The minimum Gasteiger partial charge on any atom is -0.309 e. The first kappa shape index (κ1) is 28.4. The van der Waals surface area contributed by atoms with Crippen molar-refractivity contribution in [2.75, 3.05) is 0 Å². The van der Waals surface area contributed by atoms with Gasteiger partial charge >= 0.3 is 0 Å². The molecule has 0 aliphatic carbocycles. The van der Waals surface area contributed by atoms with Crippen molar-refractivity contribution in [1.29, 1.82) is 0 Å². The molecule has 3 heterocycles. The van der Waals surface area contributed by atoms with Gasteiger partial charge in [0.25, 0.3) is 0 Å². The highest BCUT2D eigenvalue weighted by Crippen LogP contribution is 2.48. The summed E-state index contributed by atoms with van der Waals surface area (Å²) in [5.74, 6) is 0. The minimum absolute atomic E-state index is 1.16. The van der Waals surface area contributed by atoms with Crippen LogP contribution in [0.1, 0.15) is 0 Å². The summed E-state index contributed by atoms with van der Waals surface area (Å²) in [5.41, 5.74) is 12.2. The van der Waals surface area contributed by atoms with Crippen LogP contribution in [0.3, 0.4) is 0 Å². The van der Waals surface area contributed by atoms with Crippen molar-refractivity contribution in [2.24, 2.45) is 0 Å². The topological polar surface area (TPSA) is 9.86 Å². The van der Waals surface area contributed by atoms with Crippen LogP contribution in [0.5, 0.6) is 0 Å². The predicted molar refractivity (Wildman–Crippen MR) is 219 cm³/mol. The zero-order valence-corrected chi connectivity index (χ0v) is 28.4. The molecule has 238 valence electrons. The van der Waals surface area contributed by atoms with Crippen molar-refractivity contribution >= 4 is 75.1 Å². The molecule has 0 radical (unpaired) electrons. The first-order valence-corrected chi connectivity index (χ1v) is 18.3. The Labute approximate surface area is 298 Å². The number of thiophene rings is 1. The number of hydrogen-bond acceptors (Lipinski definition) is 1. The predicted octanol–water partition coefficient (Wildman–Crippen LogP) is 13.6. The van der Waals surface area contributed by atoms with Crippen molar-refractivity contribution in [1.82, 2.24) is 9.13 Å². The van der Waals surface area contributed by atoms with Crippen molar-refractivity contribution in [3.05, 3.63) is 182 Å². The second-order valence-electron chi connectivity index (χ2n) is 13.3. The lowest BCUT2D eigenvalue weighted by atomic mass is 9.95. The van der Waals surface area contributed by atoms with E-state index >= 15 is 0 Å². The molecule has 0 aliphatic heterocycles. The lowest BCUT2D eigenvalue weighted by molar-refractivity contribution is 1.18. The monoisotopic (exact) mass is 666 g/mol. The van der Waals surface area contributed by atoms with Crippen molar-refractivity contribution < 1.29 is 0 Å². The van der Waals surface area contributed by atoms with Crippen LogP contribution in [0, 0.1) is 0 Å². The molecule has 11 aromatic rings. The Morgan fingerprint density at radius 1 is 0.353 bits per heavy atom. The van der Waals surface area contributed by atoms with Gasteiger partial charge in [-0.25, -0.2) is 0 Å². The van der Waals surface area contributed by atoms with Gasteiger partial charge in [-0.2, -0.15) is 0 Å². The summed E-state index contributed by atoms with van der Waals surface area (Å²) in [6, 6.07) is 66.5. The molecule has 0 fully saturated rings. The number of nitrogens with zero attached hydrogens (tertiary/aromatic N) is 2. The molecule has 0 aliphatic rings. The van der Waals surface area contributed by atoms with Gasteiger partial charge < -0.3 is 9.13 Å². The summed E-state index contributed by atoms with van der Waals surface area (Å²) in [6.07, 6.45) is 0. The molecule has 11 rings (SSSR count). The SMILES string of the molecule is c1ccc(-c2cccc(-n3c4ccccc4c4cc(-c5cc6c7ccccc7sc6c6c5c5ccccc5n6-c5ccccc5)ccc43)c2)cc1. The van der Waals surface area contributed by atoms with Crippen LogP contribution in [0.2, 0.25) is 0 Å². The zero-order valence-electron chi connectivity index (χ0n) is 27.6. The smallest absolute Gasteiger partial charge is 0.0726 e. The van der Waals surface area contributed by atoms with E-state index in [-0.39, 0.29) is 0 Å². The quantitative estimate of drug-likeness (QED) is 0.177. The number of fused-ring (bicyclic) bond motifs is 10.